The first-order valence-corrected chi connectivity index (χ1v) is 7.69. The minimum atomic E-state index is -0.487. The first-order chi connectivity index (χ1) is 11.3. The molecule has 0 amide bonds. The van der Waals surface area contributed by atoms with Gasteiger partial charge in [-0.25, -0.2) is 9.59 Å². The summed E-state index contributed by atoms with van der Waals surface area (Å²) < 4.78 is 9.79. The third-order valence-electron chi connectivity index (χ3n) is 4.09. The number of methoxy groups -OCH3 is 2. The van der Waals surface area contributed by atoms with Crippen LogP contribution in [0.2, 0.25) is 0 Å². The molecule has 2 rings (SSSR count). The normalized spacial score (nSPS) is 17.8. The number of ether oxygens (including phenoxy) is 2. The second kappa shape index (κ2) is 6.87. The summed E-state index contributed by atoms with van der Waals surface area (Å²) in [4.78, 5) is 24.5. The Morgan fingerprint density at radius 1 is 0.750 bits per heavy atom. The number of hydrogen-bond donors (Lipinski definition) is 0. The molecule has 2 aliphatic carbocycles. The highest BCUT2D eigenvalue weighted by Crippen LogP contribution is 2.38. The van der Waals surface area contributed by atoms with Crippen molar-refractivity contribution in [2.45, 2.75) is 27.7 Å². The highest BCUT2D eigenvalue weighted by atomic mass is 16.5. The van der Waals surface area contributed by atoms with Crippen LogP contribution in [0.25, 0.3) is 0 Å². The monoisotopic (exact) mass is 326 g/mol. The lowest BCUT2D eigenvalue weighted by Gasteiger charge is -2.16. The topological polar surface area (TPSA) is 52.6 Å². The Kier molecular flexibility index (Phi) is 5.07. The summed E-state index contributed by atoms with van der Waals surface area (Å²) >= 11 is 0. The third kappa shape index (κ3) is 3.18. The zero-order valence-electron chi connectivity index (χ0n) is 14.9. The molecule has 0 aliphatic heterocycles. The molecular formula is C20H22O4. The number of fused-ring (bicyclic) bond motifs is 1. The van der Waals surface area contributed by atoms with Gasteiger partial charge < -0.3 is 9.47 Å². The number of allylic oxidation sites excluding steroid dienone is 8. The van der Waals surface area contributed by atoms with Crippen LogP contribution in [0.5, 0.6) is 0 Å². The zero-order chi connectivity index (χ0) is 18.0. The lowest BCUT2D eigenvalue weighted by molar-refractivity contribution is -0.136. The number of rotatable bonds is 2. The molecule has 126 valence electrons. The third-order valence-corrected chi connectivity index (χ3v) is 4.09. The SMILES string of the molecule is COC(=O)C1=CC(C(=O)OC)=C2C(C)=CC(C)=CC(C)=C2C(C)=C1. The van der Waals surface area contributed by atoms with Crippen LogP contribution in [0, 0.1) is 0 Å². The second-order valence-electron chi connectivity index (χ2n) is 5.97. The van der Waals surface area contributed by atoms with Crippen LogP contribution in [0.15, 0.2) is 68.9 Å². The summed E-state index contributed by atoms with van der Waals surface area (Å²) in [6, 6.07) is 0. The first kappa shape index (κ1) is 17.7. The van der Waals surface area contributed by atoms with Crippen molar-refractivity contribution in [2.75, 3.05) is 14.2 Å². The Morgan fingerprint density at radius 2 is 1.33 bits per heavy atom. The van der Waals surface area contributed by atoms with Crippen molar-refractivity contribution in [3.05, 3.63) is 68.9 Å². The van der Waals surface area contributed by atoms with E-state index in [1.54, 1.807) is 12.2 Å². The van der Waals surface area contributed by atoms with Gasteiger partial charge in [-0.05, 0) is 67.7 Å². The van der Waals surface area contributed by atoms with Gasteiger partial charge in [-0.15, -0.1) is 0 Å². The van der Waals surface area contributed by atoms with Gasteiger partial charge in [0, 0.05) is 0 Å². The number of carbonyl (C=O) groups excluding carboxylic acids is 2. The van der Waals surface area contributed by atoms with E-state index in [9.17, 15) is 9.59 Å². The minimum Gasteiger partial charge on any atom is -0.465 e. The van der Waals surface area contributed by atoms with Gasteiger partial charge in [0.15, 0.2) is 0 Å². The average molecular weight is 326 g/mol. The van der Waals surface area contributed by atoms with E-state index >= 15 is 0 Å². The molecule has 0 saturated carbocycles. The summed E-state index contributed by atoms with van der Waals surface area (Å²) in [7, 11) is 2.66. The average Bonchev–Trinajstić information content (AvgIpc) is 2.75. The Morgan fingerprint density at radius 3 is 1.92 bits per heavy atom. The maximum atomic E-state index is 12.4. The van der Waals surface area contributed by atoms with Crippen LogP contribution in [0.3, 0.4) is 0 Å². The molecule has 0 saturated heterocycles. The minimum absolute atomic E-state index is 0.324. The van der Waals surface area contributed by atoms with E-state index in [1.165, 1.54) is 14.2 Å². The van der Waals surface area contributed by atoms with Gasteiger partial charge in [-0.2, -0.15) is 0 Å². The predicted molar refractivity (Wildman–Crippen MR) is 93.1 cm³/mol. The maximum Gasteiger partial charge on any atom is 0.338 e. The molecule has 0 bridgehead atoms. The fraction of sp³-hybridized carbons (Fsp3) is 0.300. The van der Waals surface area contributed by atoms with Crippen molar-refractivity contribution in [2.24, 2.45) is 0 Å². The largest absolute Gasteiger partial charge is 0.465 e. The quantitative estimate of drug-likeness (QED) is 0.725. The Hall–Kier alpha value is -2.62. The van der Waals surface area contributed by atoms with E-state index in [2.05, 4.69) is 6.08 Å². The number of hydrogen-bond acceptors (Lipinski definition) is 4. The lowest BCUT2D eigenvalue weighted by atomic mass is 9.88. The van der Waals surface area contributed by atoms with E-state index < -0.39 is 11.9 Å². The van der Waals surface area contributed by atoms with E-state index in [-0.39, 0.29) is 0 Å². The molecule has 0 unspecified atom stereocenters. The van der Waals surface area contributed by atoms with Gasteiger partial charge >= 0.3 is 11.9 Å². The molecule has 0 atom stereocenters. The van der Waals surface area contributed by atoms with E-state index in [1.807, 2.05) is 33.8 Å². The van der Waals surface area contributed by atoms with Gasteiger partial charge in [-0.3, -0.25) is 0 Å². The van der Waals surface area contributed by atoms with Crippen LogP contribution in [-0.2, 0) is 19.1 Å². The lowest BCUT2D eigenvalue weighted by Crippen LogP contribution is -2.10. The molecule has 24 heavy (non-hydrogen) atoms. The smallest absolute Gasteiger partial charge is 0.338 e. The van der Waals surface area contributed by atoms with Gasteiger partial charge in [0.25, 0.3) is 0 Å². The molecule has 2 aliphatic rings. The molecule has 0 fully saturated rings. The molecular weight excluding hydrogens is 304 g/mol. The van der Waals surface area contributed by atoms with Crippen molar-refractivity contribution in [3.8, 4) is 0 Å². The fourth-order valence-corrected chi connectivity index (χ4v) is 3.20. The summed E-state index contributed by atoms with van der Waals surface area (Å²) in [5, 5.41) is 0. The summed E-state index contributed by atoms with van der Waals surface area (Å²) in [6.07, 6.45) is 7.40. The van der Waals surface area contributed by atoms with Crippen molar-refractivity contribution < 1.29 is 19.1 Å². The van der Waals surface area contributed by atoms with E-state index in [0.29, 0.717) is 11.1 Å². The van der Waals surface area contributed by atoms with Crippen molar-refractivity contribution in [3.63, 3.8) is 0 Å². The highest BCUT2D eigenvalue weighted by Gasteiger charge is 2.26. The van der Waals surface area contributed by atoms with Crippen LogP contribution in [-0.4, -0.2) is 26.2 Å². The van der Waals surface area contributed by atoms with Crippen LogP contribution >= 0.6 is 0 Å². The number of esters is 2. The van der Waals surface area contributed by atoms with Gasteiger partial charge in [0.2, 0.25) is 0 Å². The van der Waals surface area contributed by atoms with E-state index in [4.69, 9.17) is 9.47 Å². The zero-order valence-corrected chi connectivity index (χ0v) is 14.9. The molecule has 0 spiro atoms. The standard InChI is InChI=1S/C20H22O4/c1-11-7-12(2)17-14(4)9-15(19(21)23-5)10-16(20(22)24-6)18(17)13(3)8-11/h7-10H,1-6H3. The molecule has 0 heterocycles. The molecule has 0 aromatic rings. The summed E-state index contributed by atoms with van der Waals surface area (Å²) in [6.45, 7) is 7.91. The van der Waals surface area contributed by atoms with Crippen LogP contribution < -0.4 is 0 Å². The van der Waals surface area contributed by atoms with Gasteiger partial charge in [-0.1, -0.05) is 17.7 Å². The summed E-state index contributed by atoms with van der Waals surface area (Å²) in [5.41, 5.74) is 6.40. The maximum absolute atomic E-state index is 12.4. The van der Waals surface area contributed by atoms with Crippen molar-refractivity contribution in [1.82, 2.24) is 0 Å². The van der Waals surface area contributed by atoms with E-state index in [0.717, 1.165) is 33.4 Å². The molecule has 4 heteroatoms. The van der Waals surface area contributed by atoms with Crippen molar-refractivity contribution in [1.29, 1.82) is 0 Å². The molecule has 4 nitrogen and oxygen atoms in total. The predicted octanol–water partition coefficient (Wildman–Crippen LogP) is 3.74. The van der Waals surface area contributed by atoms with Crippen LogP contribution in [0.1, 0.15) is 27.7 Å². The number of carbonyl (C=O) groups is 2. The Bertz CT molecular complexity index is 795. The Labute approximate surface area is 142 Å². The van der Waals surface area contributed by atoms with Gasteiger partial charge in [0.05, 0.1) is 25.4 Å². The first-order valence-electron chi connectivity index (χ1n) is 7.69. The molecule has 0 aromatic heterocycles. The summed E-state index contributed by atoms with van der Waals surface area (Å²) in [5.74, 6) is -0.966. The molecule has 0 radical (unpaired) electrons. The second-order valence-corrected chi connectivity index (χ2v) is 5.97. The molecule has 0 aromatic carbocycles. The fourth-order valence-electron chi connectivity index (χ4n) is 3.20. The van der Waals surface area contributed by atoms with Crippen LogP contribution in [0.4, 0.5) is 0 Å². The van der Waals surface area contributed by atoms with Crippen molar-refractivity contribution >= 4 is 11.9 Å². The van der Waals surface area contributed by atoms with Gasteiger partial charge in [0.1, 0.15) is 0 Å². The highest BCUT2D eigenvalue weighted by molar-refractivity contribution is 6.01. The molecule has 0 N–H and O–H groups in total. The Balaban J connectivity index is 2.91.